The molecule has 3 aromatic rings. The fourth-order valence-corrected chi connectivity index (χ4v) is 4.61. The molecule has 0 saturated carbocycles. The average Bonchev–Trinajstić information content (AvgIpc) is 3.36. The Morgan fingerprint density at radius 3 is 2.86 bits per heavy atom. The number of hydrogen-bond acceptors (Lipinski definition) is 3. The van der Waals surface area contributed by atoms with E-state index in [9.17, 15) is 4.79 Å². The van der Waals surface area contributed by atoms with Crippen LogP contribution in [0.2, 0.25) is 0 Å². The largest absolute Gasteiger partial charge is 0.371 e. The smallest absolute Gasteiger partial charge is 0.319 e. The number of carbonyl (C=O) groups excluding carboxylic acids is 1. The normalized spacial score (nSPS) is 18.9. The minimum absolute atomic E-state index is 0.0586. The lowest BCUT2D eigenvalue weighted by Crippen LogP contribution is -2.32. The predicted octanol–water partition coefficient (Wildman–Crippen LogP) is 4.36. The van der Waals surface area contributed by atoms with Crippen molar-refractivity contribution >= 4 is 28.3 Å². The van der Waals surface area contributed by atoms with Crippen LogP contribution < -0.4 is 15.5 Å². The molecule has 1 atom stereocenters. The van der Waals surface area contributed by atoms with Gasteiger partial charge in [-0.15, -0.1) is 0 Å². The van der Waals surface area contributed by atoms with Crippen LogP contribution in [0.4, 0.5) is 16.2 Å². The molecule has 2 amide bonds. The number of nitrogens with zero attached hydrogens (tertiary/aromatic N) is 2. The summed E-state index contributed by atoms with van der Waals surface area (Å²) in [6.07, 6.45) is 7.58. The van der Waals surface area contributed by atoms with Gasteiger partial charge in [-0.1, -0.05) is 18.2 Å². The van der Waals surface area contributed by atoms with Gasteiger partial charge in [-0.25, -0.2) is 4.79 Å². The molecule has 6 heteroatoms. The molecule has 0 bridgehead atoms. The van der Waals surface area contributed by atoms with Gasteiger partial charge in [0.1, 0.15) is 0 Å². The summed E-state index contributed by atoms with van der Waals surface area (Å²) in [4.78, 5) is 15.2. The van der Waals surface area contributed by atoms with E-state index in [0.29, 0.717) is 0 Å². The highest BCUT2D eigenvalue weighted by Gasteiger charge is 2.28. The minimum atomic E-state index is -0.171. The summed E-state index contributed by atoms with van der Waals surface area (Å²) in [6.45, 7) is 2.29. The molecule has 0 unspecified atom stereocenters. The lowest BCUT2D eigenvalue weighted by atomic mass is 10.0. The molecule has 1 saturated heterocycles. The Bertz CT molecular complexity index is 1010. The molecular weight excluding hydrogens is 350 g/mol. The van der Waals surface area contributed by atoms with Crippen molar-refractivity contribution in [2.45, 2.75) is 38.1 Å². The van der Waals surface area contributed by atoms with Crippen molar-refractivity contribution in [3.05, 3.63) is 53.7 Å². The maximum atomic E-state index is 12.7. The first-order chi connectivity index (χ1) is 13.8. The van der Waals surface area contributed by atoms with Crippen molar-refractivity contribution in [2.75, 3.05) is 23.3 Å². The second-order valence-corrected chi connectivity index (χ2v) is 7.72. The van der Waals surface area contributed by atoms with Crippen molar-refractivity contribution in [1.82, 2.24) is 15.5 Å². The van der Waals surface area contributed by atoms with E-state index in [2.05, 4.69) is 43.9 Å². The summed E-state index contributed by atoms with van der Waals surface area (Å²) < 4.78 is 0. The van der Waals surface area contributed by atoms with Gasteiger partial charge in [0.2, 0.25) is 0 Å². The van der Waals surface area contributed by atoms with Crippen molar-refractivity contribution in [3.8, 4) is 0 Å². The van der Waals surface area contributed by atoms with E-state index < -0.39 is 0 Å². The van der Waals surface area contributed by atoms with Crippen LogP contribution in [0.5, 0.6) is 0 Å². The topological polar surface area (TPSA) is 73.0 Å². The monoisotopic (exact) mass is 375 g/mol. The summed E-state index contributed by atoms with van der Waals surface area (Å²) >= 11 is 0. The fraction of sp³-hybridized carbons (Fsp3) is 0.364. The number of fused-ring (bicyclic) bond motifs is 2. The lowest BCUT2D eigenvalue weighted by molar-refractivity contribution is 0.248. The molecule has 144 valence electrons. The SMILES string of the molecule is O=C(Nc1cccc2[nH]ncc12)N[C@H]1CCc2c1cccc2N1CCCCC1. The Labute approximate surface area is 164 Å². The second-order valence-electron chi connectivity index (χ2n) is 7.72. The molecule has 2 heterocycles. The molecule has 1 aliphatic carbocycles. The Balaban J connectivity index is 1.32. The first kappa shape index (κ1) is 17.1. The number of benzene rings is 2. The maximum absolute atomic E-state index is 12.7. The van der Waals surface area contributed by atoms with Gasteiger partial charge >= 0.3 is 6.03 Å². The summed E-state index contributed by atoms with van der Waals surface area (Å²) in [5.74, 6) is 0. The van der Waals surface area contributed by atoms with Crippen LogP contribution in [0.3, 0.4) is 0 Å². The number of piperidine rings is 1. The van der Waals surface area contributed by atoms with Gasteiger partial charge < -0.3 is 15.5 Å². The molecule has 1 fully saturated rings. The molecule has 3 N–H and O–H groups in total. The molecule has 0 spiro atoms. The zero-order valence-corrected chi connectivity index (χ0v) is 15.9. The molecule has 5 rings (SSSR count). The van der Waals surface area contributed by atoms with E-state index >= 15 is 0 Å². The summed E-state index contributed by atoms with van der Waals surface area (Å²) in [5, 5.41) is 14.1. The molecular formula is C22H25N5O. The van der Waals surface area contributed by atoms with Crippen LogP contribution in [0.15, 0.2) is 42.6 Å². The third kappa shape index (κ3) is 3.09. The fourth-order valence-electron chi connectivity index (χ4n) is 4.61. The van der Waals surface area contributed by atoms with Gasteiger partial charge in [-0.2, -0.15) is 5.10 Å². The number of aromatic nitrogens is 2. The van der Waals surface area contributed by atoms with Crippen LogP contribution in [-0.4, -0.2) is 29.3 Å². The predicted molar refractivity (Wildman–Crippen MR) is 112 cm³/mol. The first-order valence-corrected chi connectivity index (χ1v) is 10.2. The maximum Gasteiger partial charge on any atom is 0.319 e. The second kappa shape index (κ2) is 7.19. The lowest BCUT2D eigenvalue weighted by Gasteiger charge is -2.30. The quantitative estimate of drug-likeness (QED) is 0.637. The van der Waals surface area contributed by atoms with Gasteiger partial charge in [-0.3, -0.25) is 5.10 Å². The van der Waals surface area contributed by atoms with E-state index in [4.69, 9.17) is 0 Å². The average molecular weight is 375 g/mol. The van der Waals surface area contributed by atoms with E-state index in [1.54, 1.807) is 6.20 Å². The van der Waals surface area contributed by atoms with Gasteiger partial charge in [0, 0.05) is 24.2 Å². The van der Waals surface area contributed by atoms with Crippen molar-refractivity contribution in [1.29, 1.82) is 0 Å². The Hall–Kier alpha value is -3.02. The summed E-state index contributed by atoms with van der Waals surface area (Å²) in [6, 6.07) is 12.2. The zero-order chi connectivity index (χ0) is 18.9. The van der Waals surface area contributed by atoms with Crippen LogP contribution in [0, 0.1) is 0 Å². The number of nitrogens with one attached hydrogen (secondary N) is 3. The molecule has 1 aromatic heterocycles. The number of urea groups is 1. The number of anilines is 2. The Morgan fingerprint density at radius 1 is 1.11 bits per heavy atom. The van der Waals surface area contributed by atoms with Gasteiger partial charge in [0.15, 0.2) is 0 Å². The van der Waals surface area contributed by atoms with Crippen LogP contribution in [-0.2, 0) is 6.42 Å². The molecule has 6 nitrogen and oxygen atoms in total. The Morgan fingerprint density at radius 2 is 1.96 bits per heavy atom. The van der Waals surface area contributed by atoms with Crippen molar-refractivity contribution in [3.63, 3.8) is 0 Å². The molecule has 2 aliphatic rings. The molecule has 2 aromatic carbocycles. The van der Waals surface area contributed by atoms with Crippen LogP contribution in [0.25, 0.3) is 10.9 Å². The number of aromatic amines is 1. The number of amides is 2. The third-order valence-corrected chi connectivity index (χ3v) is 5.98. The standard InChI is InChI=1S/C22H25N5O/c28-22(24-18-7-5-8-20-17(18)14-23-26-20)25-19-11-10-16-15(19)6-4-9-21(16)27-12-2-1-3-13-27/h4-9,14,19H,1-3,10-13H2,(H,23,26)(H2,24,25,28)/t19-/m0/s1. The number of carbonyl (C=O) groups is 1. The van der Waals surface area contributed by atoms with E-state index in [-0.39, 0.29) is 12.1 Å². The number of rotatable bonds is 3. The van der Waals surface area contributed by atoms with Crippen molar-refractivity contribution < 1.29 is 4.79 Å². The number of H-pyrrole nitrogens is 1. The molecule has 28 heavy (non-hydrogen) atoms. The zero-order valence-electron chi connectivity index (χ0n) is 15.9. The van der Waals surface area contributed by atoms with Crippen LogP contribution in [0.1, 0.15) is 42.9 Å². The first-order valence-electron chi connectivity index (χ1n) is 10.2. The van der Waals surface area contributed by atoms with Gasteiger partial charge in [-0.05, 0) is 61.4 Å². The number of hydrogen-bond donors (Lipinski definition) is 3. The van der Waals surface area contributed by atoms with Gasteiger partial charge in [0.05, 0.1) is 23.4 Å². The molecule has 0 radical (unpaired) electrons. The summed E-state index contributed by atoms with van der Waals surface area (Å²) in [5.41, 5.74) is 5.72. The van der Waals surface area contributed by atoms with E-state index in [0.717, 1.165) is 42.5 Å². The molecule has 1 aliphatic heterocycles. The van der Waals surface area contributed by atoms with E-state index in [1.165, 1.54) is 36.1 Å². The highest BCUT2D eigenvalue weighted by Crippen LogP contribution is 2.38. The van der Waals surface area contributed by atoms with Crippen LogP contribution >= 0.6 is 0 Å². The highest BCUT2D eigenvalue weighted by atomic mass is 16.2. The summed E-state index contributed by atoms with van der Waals surface area (Å²) in [7, 11) is 0. The van der Waals surface area contributed by atoms with Gasteiger partial charge in [0.25, 0.3) is 0 Å². The third-order valence-electron chi connectivity index (χ3n) is 5.98. The minimum Gasteiger partial charge on any atom is -0.371 e. The Kier molecular flexibility index (Phi) is 4.39. The van der Waals surface area contributed by atoms with Crippen molar-refractivity contribution in [2.24, 2.45) is 0 Å². The van der Waals surface area contributed by atoms with E-state index in [1.807, 2.05) is 18.2 Å². The highest BCUT2D eigenvalue weighted by molar-refractivity contribution is 6.00.